The lowest BCUT2D eigenvalue weighted by molar-refractivity contribution is -0.154. The van der Waals surface area contributed by atoms with E-state index in [1.165, 1.54) is 14.2 Å². The van der Waals surface area contributed by atoms with Crippen molar-refractivity contribution in [2.24, 2.45) is 5.92 Å². The molecule has 0 saturated heterocycles. The lowest BCUT2D eigenvalue weighted by Gasteiger charge is -2.27. The Kier molecular flexibility index (Phi) is 3.15. The molecule has 3 unspecified atom stereocenters. The molecule has 0 N–H and O–H groups in total. The summed E-state index contributed by atoms with van der Waals surface area (Å²) >= 11 is 0. The predicted molar refractivity (Wildman–Crippen MR) is 75.9 cm³/mol. The van der Waals surface area contributed by atoms with E-state index in [0.29, 0.717) is 0 Å². The van der Waals surface area contributed by atoms with Gasteiger partial charge in [-0.2, -0.15) is 0 Å². The molecule has 5 heteroatoms. The molecule has 3 heterocycles. The Bertz CT molecular complexity index is 655. The summed E-state index contributed by atoms with van der Waals surface area (Å²) in [6.07, 6.45) is 2.95. The van der Waals surface area contributed by atoms with Crippen molar-refractivity contribution in [1.29, 1.82) is 0 Å². The summed E-state index contributed by atoms with van der Waals surface area (Å²) in [4.78, 5) is 24.6. The zero-order chi connectivity index (χ0) is 15.3. The Balaban J connectivity index is 2.22. The third-order valence-corrected chi connectivity index (χ3v) is 4.66. The summed E-state index contributed by atoms with van der Waals surface area (Å²) in [7, 11) is 2.72. The van der Waals surface area contributed by atoms with Crippen molar-refractivity contribution in [3.05, 3.63) is 34.7 Å². The van der Waals surface area contributed by atoms with Crippen molar-refractivity contribution in [2.75, 3.05) is 14.2 Å². The van der Waals surface area contributed by atoms with E-state index in [0.717, 1.165) is 28.9 Å². The van der Waals surface area contributed by atoms with E-state index in [4.69, 9.17) is 9.47 Å². The van der Waals surface area contributed by atoms with Crippen molar-refractivity contribution in [2.45, 2.75) is 32.2 Å². The van der Waals surface area contributed by atoms with Gasteiger partial charge in [-0.15, -0.1) is 0 Å². The largest absolute Gasteiger partial charge is 0.469 e. The molecular weight excluding hydrogens is 270 g/mol. The van der Waals surface area contributed by atoms with E-state index < -0.39 is 11.8 Å². The summed E-state index contributed by atoms with van der Waals surface area (Å²) in [5.41, 5.74) is 4.16. The maximum absolute atomic E-state index is 12.3. The highest BCUT2D eigenvalue weighted by molar-refractivity contribution is 5.88. The van der Waals surface area contributed by atoms with Gasteiger partial charge in [0.15, 0.2) is 0 Å². The number of esters is 2. The van der Waals surface area contributed by atoms with Crippen molar-refractivity contribution in [3.63, 3.8) is 0 Å². The van der Waals surface area contributed by atoms with E-state index in [-0.39, 0.29) is 18.0 Å². The second-order valence-electron chi connectivity index (χ2n) is 5.72. The summed E-state index contributed by atoms with van der Waals surface area (Å²) in [6.45, 7) is 3.98. The topological polar surface area (TPSA) is 57.5 Å². The number of ether oxygens (including phenoxy) is 2. The van der Waals surface area contributed by atoms with Crippen LogP contribution in [0.2, 0.25) is 0 Å². The number of carbonyl (C=O) groups is 2. The van der Waals surface area contributed by atoms with Crippen LogP contribution in [0.4, 0.5) is 0 Å². The first-order chi connectivity index (χ1) is 10.0. The van der Waals surface area contributed by atoms with Gasteiger partial charge in [-0.05, 0) is 25.5 Å². The molecule has 2 aliphatic rings. The van der Waals surface area contributed by atoms with Crippen LogP contribution in [0, 0.1) is 12.8 Å². The van der Waals surface area contributed by atoms with Crippen LogP contribution in [-0.2, 0) is 25.5 Å². The first-order valence-electron chi connectivity index (χ1n) is 7.04. The molecule has 0 fully saturated rings. The minimum Gasteiger partial charge on any atom is -0.469 e. The molecule has 0 aliphatic carbocycles. The molecule has 3 rings (SSSR count). The third-order valence-electron chi connectivity index (χ3n) is 4.66. The van der Waals surface area contributed by atoms with Gasteiger partial charge in [0.25, 0.3) is 0 Å². The van der Waals surface area contributed by atoms with Gasteiger partial charge in [0.1, 0.15) is 11.8 Å². The molecule has 0 bridgehead atoms. The quantitative estimate of drug-likeness (QED) is 0.616. The van der Waals surface area contributed by atoms with Crippen LogP contribution in [0.5, 0.6) is 0 Å². The molecule has 1 aromatic heterocycles. The first kappa shape index (κ1) is 13.9. The van der Waals surface area contributed by atoms with Gasteiger partial charge >= 0.3 is 11.9 Å². The number of hydrogen-bond donors (Lipinski definition) is 0. The van der Waals surface area contributed by atoms with Gasteiger partial charge in [-0.1, -0.05) is 11.6 Å². The number of aryl methyl sites for hydroxylation is 1. The molecule has 3 atom stereocenters. The maximum atomic E-state index is 12.3. The van der Waals surface area contributed by atoms with Crippen molar-refractivity contribution >= 4 is 11.9 Å². The van der Waals surface area contributed by atoms with Crippen LogP contribution in [0.15, 0.2) is 17.7 Å². The number of methoxy groups -OCH3 is 2. The number of rotatable bonds is 2. The second-order valence-corrected chi connectivity index (χ2v) is 5.72. The molecular formula is C16H19NO4. The van der Waals surface area contributed by atoms with Crippen molar-refractivity contribution in [1.82, 2.24) is 4.57 Å². The van der Waals surface area contributed by atoms with Gasteiger partial charge < -0.3 is 14.0 Å². The Morgan fingerprint density at radius 1 is 1.19 bits per heavy atom. The maximum Gasteiger partial charge on any atom is 0.315 e. The fourth-order valence-corrected chi connectivity index (χ4v) is 3.79. The van der Waals surface area contributed by atoms with E-state index in [9.17, 15) is 9.59 Å². The van der Waals surface area contributed by atoms with Crippen LogP contribution >= 0.6 is 0 Å². The zero-order valence-corrected chi connectivity index (χ0v) is 12.7. The van der Waals surface area contributed by atoms with Crippen LogP contribution in [-0.4, -0.2) is 30.7 Å². The fourth-order valence-electron chi connectivity index (χ4n) is 3.79. The molecule has 5 nitrogen and oxygen atoms in total. The number of carbonyl (C=O) groups excluding carboxylic acids is 2. The zero-order valence-electron chi connectivity index (χ0n) is 12.7. The summed E-state index contributed by atoms with van der Waals surface area (Å²) in [5, 5.41) is 0. The second kappa shape index (κ2) is 4.76. The van der Waals surface area contributed by atoms with Crippen LogP contribution in [0.3, 0.4) is 0 Å². The predicted octanol–water partition coefficient (Wildman–Crippen LogP) is 1.90. The number of allylic oxidation sites excluding steroid dienone is 2. The molecule has 0 amide bonds. The average molecular weight is 289 g/mol. The highest BCUT2D eigenvalue weighted by Gasteiger charge is 2.52. The van der Waals surface area contributed by atoms with Gasteiger partial charge in [-0.25, -0.2) is 0 Å². The van der Waals surface area contributed by atoms with Crippen molar-refractivity contribution < 1.29 is 19.1 Å². The third kappa shape index (κ3) is 1.76. The van der Waals surface area contributed by atoms with E-state index in [1.54, 1.807) is 0 Å². The minimum absolute atomic E-state index is 0.144. The fraction of sp³-hybridized carbons (Fsp3) is 0.500. The molecule has 1 aromatic rings. The Morgan fingerprint density at radius 3 is 2.48 bits per heavy atom. The highest BCUT2D eigenvalue weighted by atomic mass is 16.5. The summed E-state index contributed by atoms with van der Waals surface area (Å²) < 4.78 is 12.0. The molecule has 0 saturated carbocycles. The lowest BCUT2D eigenvalue weighted by Crippen LogP contribution is -2.31. The molecule has 0 radical (unpaired) electrons. The minimum atomic E-state index is -0.595. The van der Waals surface area contributed by atoms with Gasteiger partial charge in [-0.3, -0.25) is 9.59 Å². The summed E-state index contributed by atoms with van der Waals surface area (Å²) in [6, 6.07) is 1.95. The molecule has 2 aliphatic heterocycles. The highest BCUT2D eigenvalue weighted by Crippen LogP contribution is 2.50. The summed E-state index contributed by atoms with van der Waals surface area (Å²) in [5.74, 6) is -1.88. The van der Waals surface area contributed by atoms with E-state index >= 15 is 0 Å². The van der Waals surface area contributed by atoms with Gasteiger partial charge in [0.05, 0.1) is 20.3 Å². The Hall–Kier alpha value is -2.04. The Labute approximate surface area is 123 Å². The smallest absolute Gasteiger partial charge is 0.315 e. The molecule has 0 aromatic carbocycles. The van der Waals surface area contributed by atoms with Crippen LogP contribution < -0.4 is 0 Å². The van der Waals surface area contributed by atoms with Crippen LogP contribution in [0.25, 0.3) is 0 Å². The molecule has 21 heavy (non-hydrogen) atoms. The van der Waals surface area contributed by atoms with Crippen LogP contribution in [0.1, 0.15) is 35.8 Å². The average Bonchev–Trinajstić information content (AvgIpc) is 3.00. The lowest BCUT2D eigenvalue weighted by atomic mass is 9.83. The number of hydrogen-bond acceptors (Lipinski definition) is 4. The standard InChI is InChI=1S/C16H19NO4/c1-8-5-6-10-7-9(2)14-12(16(19)21-4)11(15(18)20-3)13(8)17(10)14/h5,7,11-13H,6H2,1-4H3. The van der Waals surface area contributed by atoms with Gasteiger partial charge in [0, 0.05) is 17.8 Å². The Morgan fingerprint density at radius 2 is 1.86 bits per heavy atom. The first-order valence-corrected chi connectivity index (χ1v) is 7.04. The number of aromatic nitrogens is 1. The number of nitrogens with zero attached hydrogens (tertiary/aromatic N) is 1. The molecule has 0 spiro atoms. The molecule has 112 valence electrons. The van der Waals surface area contributed by atoms with Crippen molar-refractivity contribution in [3.8, 4) is 0 Å². The monoisotopic (exact) mass is 289 g/mol. The van der Waals surface area contributed by atoms with Gasteiger partial charge in [0.2, 0.25) is 0 Å². The van der Waals surface area contributed by atoms with E-state index in [2.05, 4.69) is 16.7 Å². The SMILES string of the molecule is COC(=O)C1c2c(C)cc3n2C(C(C)=CC3)C1C(=O)OC. The normalized spacial score (nSPS) is 26.1. The van der Waals surface area contributed by atoms with E-state index in [1.807, 2.05) is 13.8 Å².